The first-order valence-corrected chi connectivity index (χ1v) is 4.90. The van der Waals surface area contributed by atoms with Crippen molar-refractivity contribution in [2.75, 3.05) is 18.5 Å². The van der Waals surface area contributed by atoms with E-state index in [0.29, 0.717) is 0 Å². The van der Waals surface area contributed by atoms with Gasteiger partial charge in [-0.05, 0) is 30.5 Å². The number of anilines is 1. The van der Waals surface area contributed by atoms with E-state index >= 15 is 0 Å². The second-order valence-electron chi connectivity index (χ2n) is 3.31. The van der Waals surface area contributed by atoms with Crippen LogP contribution < -0.4 is 10.1 Å². The Balaban J connectivity index is 2.32. The van der Waals surface area contributed by atoms with E-state index in [-0.39, 0.29) is 0 Å². The van der Waals surface area contributed by atoms with Gasteiger partial charge in [0.05, 0.1) is 12.3 Å². The summed E-state index contributed by atoms with van der Waals surface area (Å²) >= 11 is 0. The minimum atomic E-state index is 0.827. The lowest BCUT2D eigenvalue weighted by atomic mass is 10.1. The zero-order valence-corrected chi connectivity index (χ0v) is 7.97. The van der Waals surface area contributed by atoms with Crippen molar-refractivity contribution >= 4 is 5.69 Å². The maximum absolute atomic E-state index is 5.63. The standard InChI is InChI=1S/C11H15NO/c1-2-9-4-5-10-11(8-9)13-7-3-6-12-10/h4-5,8,12H,2-3,6-7H2,1H3. The Morgan fingerprint density at radius 2 is 2.38 bits per heavy atom. The summed E-state index contributed by atoms with van der Waals surface area (Å²) in [7, 11) is 0. The van der Waals surface area contributed by atoms with Gasteiger partial charge in [0.15, 0.2) is 0 Å². The molecule has 0 radical (unpaired) electrons. The Labute approximate surface area is 78.9 Å². The maximum Gasteiger partial charge on any atom is 0.142 e. The van der Waals surface area contributed by atoms with E-state index < -0.39 is 0 Å². The quantitative estimate of drug-likeness (QED) is 0.711. The van der Waals surface area contributed by atoms with Crippen LogP contribution in [0.15, 0.2) is 18.2 Å². The first-order valence-electron chi connectivity index (χ1n) is 4.90. The molecule has 0 aliphatic carbocycles. The molecule has 1 heterocycles. The number of aryl methyl sites for hydroxylation is 1. The van der Waals surface area contributed by atoms with Gasteiger partial charge in [-0.25, -0.2) is 0 Å². The van der Waals surface area contributed by atoms with E-state index in [1.807, 2.05) is 0 Å². The fourth-order valence-corrected chi connectivity index (χ4v) is 1.53. The predicted octanol–water partition coefficient (Wildman–Crippen LogP) is 2.44. The molecule has 0 aromatic heterocycles. The summed E-state index contributed by atoms with van der Waals surface area (Å²) in [5.41, 5.74) is 2.47. The molecule has 0 saturated carbocycles. The molecule has 1 aliphatic heterocycles. The van der Waals surface area contributed by atoms with E-state index in [4.69, 9.17) is 4.74 Å². The number of hydrogen-bond acceptors (Lipinski definition) is 2. The van der Waals surface area contributed by atoms with Crippen LogP contribution in [0.3, 0.4) is 0 Å². The van der Waals surface area contributed by atoms with Crippen molar-refractivity contribution in [2.24, 2.45) is 0 Å². The van der Waals surface area contributed by atoms with Gasteiger partial charge in [-0.15, -0.1) is 0 Å². The number of rotatable bonds is 1. The van der Waals surface area contributed by atoms with Crippen LogP contribution in [0, 0.1) is 0 Å². The molecule has 2 rings (SSSR count). The number of fused-ring (bicyclic) bond motifs is 1. The van der Waals surface area contributed by atoms with Gasteiger partial charge in [-0.2, -0.15) is 0 Å². The maximum atomic E-state index is 5.63. The number of nitrogens with one attached hydrogen (secondary N) is 1. The molecule has 1 aromatic carbocycles. The van der Waals surface area contributed by atoms with Crippen molar-refractivity contribution in [1.29, 1.82) is 0 Å². The average molecular weight is 177 g/mol. The first-order chi connectivity index (χ1) is 6.40. The molecule has 0 amide bonds. The van der Waals surface area contributed by atoms with Gasteiger partial charge in [-0.1, -0.05) is 13.0 Å². The molecule has 2 heteroatoms. The van der Waals surface area contributed by atoms with Crippen LogP contribution >= 0.6 is 0 Å². The molecule has 13 heavy (non-hydrogen) atoms. The lowest BCUT2D eigenvalue weighted by Gasteiger charge is -2.08. The van der Waals surface area contributed by atoms with Crippen LogP contribution in [0.4, 0.5) is 5.69 Å². The Morgan fingerprint density at radius 1 is 1.46 bits per heavy atom. The Bertz CT molecular complexity index is 296. The lowest BCUT2D eigenvalue weighted by molar-refractivity contribution is 0.322. The second-order valence-corrected chi connectivity index (χ2v) is 3.31. The summed E-state index contributed by atoms with van der Waals surface area (Å²) in [5.74, 6) is 1.01. The molecule has 70 valence electrons. The van der Waals surface area contributed by atoms with Gasteiger partial charge in [0.25, 0.3) is 0 Å². The lowest BCUT2D eigenvalue weighted by Crippen LogP contribution is -1.99. The van der Waals surface area contributed by atoms with Crippen LogP contribution in [-0.4, -0.2) is 13.2 Å². The van der Waals surface area contributed by atoms with Crippen molar-refractivity contribution in [3.63, 3.8) is 0 Å². The molecule has 1 aliphatic rings. The number of benzene rings is 1. The monoisotopic (exact) mass is 177 g/mol. The third-order valence-electron chi connectivity index (χ3n) is 2.35. The minimum absolute atomic E-state index is 0.827. The van der Waals surface area contributed by atoms with Crippen molar-refractivity contribution in [3.05, 3.63) is 23.8 Å². The Morgan fingerprint density at radius 3 is 3.23 bits per heavy atom. The van der Waals surface area contributed by atoms with E-state index in [0.717, 1.165) is 37.4 Å². The normalized spacial score (nSPS) is 15.2. The predicted molar refractivity (Wildman–Crippen MR) is 54.4 cm³/mol. The van der Waals surface area contributed by atoms with Gasteiger partial charge in [0.2, 0.25) is 0 Å². The SMILES string of the molecule is CCc1ccc2c(c1)OCCCN2. The smallest absolute Gasteiger partial charge is 0.142 e. The largest absolute Gasteiger partial charge is 0.491 e. The molecule has 0 unspecified atom stereocenters. The van der Waals surface area contributed by atoms with Crippen molar-refractivity contribution < 1.29 is 4.74 Å². The summed E-state index contributed by atoms with van der Waals surface area (Å²) in [6, 6.07) is 6.40. The molecule has 0 atom stereocenters. The number of ether oxygens (including phenoxy) is 1. The Kier molecular flexibility index (Phi) is 2.39. The van der Waals surface area contributed by atoms with Crippen LogP contribution in [-0.2, 0) is 6.42 Å². The highest BCUT2D eigenvalue weighted by Gasteiger charge is 2.07. The summed E-state index contributed by atoms with van der Waals surface area (Å²) in [6.07, 6.45) is 2.15. The topological polar surface area (TPSA) is 21.3 Å². The van der Waals surface area contributed by atoms with Crippen molar-refractivity contribution in [2.45, 2.75) is 19.8 Å². The fourth-order valence-electron chi connectivity index (χ4n) is 1.53. The fraction of sp³-hybridized carbons (Fsp3) is 0.455. The zero-order chi connectivity index (χ0) is 9.10. The molecule has 0 spiro atoms. The van der Waals surface area contributed by atoms with Gasteiger partial charge in [0, 0.05) is 6.54 Å². The van der Waals surface area contributed by atoms with E-state index in [2.05, 4.69) is 30.4 Å². The molecule has 0 bridgehead atoms. The molecule has 0 saturated heterocycles. The van der Waals surface area contributed by atoms with E-state index in [1.54, 1.807) is 0 Å². The van der Waals surface area contributed by atoms with Crippen molar-refractivity contribution in [1.82, 2.24) is 0 Å². The van der Waals surface area contributed by atoms with E-state index in [1.165, 1.54) is 5.56 Å². The first kappa shape index (κ1) is 8.42. The third kappa shape index (κ3) is 1.77. The molecule has 2 nitrogen and oxygen atoms in total. The van der Waals surface area contributed by atoms with Gasteiger partial charge in [-0.3, -0.25) is 0 Å². The molecular weight excluding hydrogens is 162 g/mol. The van der Waals surface area contributed by atoms with Crippen LogP contribution in [0.2, 0.25) is 0 Å². The van der Waals surface area contributed by atoms with Gasteiger partial charge >= 0.3 is 0 Å². The highest BCUT2D eigenvalue weighted by molar-refractivity contribution is 5.58. The molecule has 0 fully saturated rings. The average Bonchev–Trinajstić information content (AvgIpc) is 2.41. The van der Waals surface area contributed by atoms with Gasteiger partial charge < -0.3 is 10.1 Å². The summed E-state index contributed by atoms with van der Waals surface area (Å²) in [4.78, 5) is 0. The van der Waals surface area contributed by atoms with Gasteiger partial charge in [0.1, 0.15) is 5.75 Å². The number of hydrogen-bond donors (Lipinski definition) is 1. The Hall–Kier alpha value is -1.18. The highest BCUT2D eigenvalue weighted by atomic mass is 16.5. The minimum Gasteiger partial charge on any atom is -0.491 e. The van der Waals surface area contributed by atoms with Crippen LogP contribution in [0.25, 0.3) is 0 Å². The second kappa shape index (κ2) is 3.69. The van der Waals surface area contributed by atoms with Crippen LogP contribution in [0.5, 0.6) is 5.75 Å². The molecule has 1 N–H and O–H groups in total. The molecular formula is C11H15NO. The third-order valence-corrected chi connectivity index (χ3v) is 2.35. The summed E-state index contributed by atoms with van der Waals surface area (Å²) in [6.45, 7) is 4.00. The zero-order valence-electron chi connectivity index (χ0n) is 7.97. The summed E-state index contributed by atoms with van der Waals surface area (Å²) < 4.78 is 5.63. The van der Waals surface area contributed by atoms with Crippen molar-refractivity contribution in [3.8, 4) is 5.75 Å². The highest BCUT2D eigenvalue weighted by Crippen LogP contribution is 2.27. The summed E-state index contributed by atoms with van der Waals surface area (Å²) in [5, 5.41) is 3.35. The van der Waals surface area contributed by atoms with Crippen LogP contribution in [0.1, 0.15) is 18.9 Å². The van der Waals surface area contributed by atoms with E-state index in [9.17, 15) is 0 Å². The molecule has 1 aromatic rings.